The van der Waals surface area contributed by atoms with Gasteiger partial charge in [-0.05, 0) is 44.9 Å². The molecule has 178 valence electrons. The topological polar surface area (TPSA) is 104 Å². The third-order valence-corrected chi connectivity index (χ3v) is 7.12. The molecular formula is C24H32N4O5. The number of carbonyl (C=O) groups is 2. The first kappa shape index (κ1) is 23.2. The Morgan fingerprint density at radius 2 is 2.12 bits per heavy atom. The molecule has 3 aliphatic rings. The van der Waals surface area contributed by atoms with E-state index in [-0.39, 0.29) is 24.7 Å². The Bertz CT molecular complexity index is 924. The minimum Gasteiger partial charge on any atom is -0.493 e. The Balaban J connectivity index is 1.46. The summed E-state index contributed by atoms with van der Waals surface area (Å²) in [5, 5.41) is 12.4. The summed E-state index contributed by atoms with van der Waals surface area (Å²) in [6.45, 7) is 2.04. The Kier molecular flexibility index (Phi) is 6.94. The number of aliphatic hydroxyl groups excluding tert-OH is 1. The molecule has 1 aliphatic carbocycles. The van der Waals surface area contributed by atoms with Crippen LogP contribution in [0.4, 0.5) is 16.3 Å². The van der Waals surface area contributed by atoms with Gasteiger partial charge in [0.15, 0.2) is 18.2 Å². The number of ether oxygens (including phenoxy) is 2. The second kappa shape index (κ2) is 9.87. The minimum absolute atomic E-state index is 0.114. The number of methoxy groups -OCH3 is 1. The lowest BCUT2D eigenvalue weighted by Crippen LogP contribution is -2.50. The van der Waals surface area contributed by atoms with E-state index in [1.807, 2.05) is 0 Å². The van der Waals surface area contributed by atoms with Crippen LogP contribution in [0.1, 0.15) is 44.9 Å². The Labute approximate surface area is 194 Å². The van der Waals surface area contributed by atoms with Gasteiger partial charge in [-0.25, -0.2) is 9.78 Å². The van der Waals surface area contributed by atoms with E-state index in [2.05, 4.69) is 26.0 Å². The molecule has 9 nitrogen and oxygen atoms in total. The van der Waals surface area contributed by atoms with Crippen LogP contribution in [0.25, 0.3) is 0 Å². The Hall–Kier alpha value is -2.99. The van der Waals surface area contributed by atoms with Crippen molar-refractivity contribution in [3.8, 4) is 18.1 Å². The predicted molar refractivity (Wildman–Crippen MR) is 123 cm³/mol. The molecule has 0 aromatic carbocycles. The van der Waals surface area contributed by atoms with E-state index < -0.39 is 11.5 Å². The molecule has 0 radical (unpaired) electrons. The standard InChI is InChI=1S/C24H32N4O5/c1-3-13-33-23(31)26-17-14-20(32-2)21(25-15-17)27-11-4-9-24(16-27)10-12-28(22(24)30)18-5-7-19(29)8-6-18/h1,14-15,18-19,29H,4-13,16H2,2H3,(H,26,31)/t18-,19-,24-/m1/s1. The maximum absolute atomic E-state index is 13.6. The highest BCUT2D eigenvalue weighted by Gasteiger charge is 2.51. The summed E-state index contributed by atoms with van der Waals surface area (Å²) in [6.07, 6.45) is 11.7. The lowest BCUT2D eigenvalue weighted by atomic mass is 9.78. The van der Waals surface area contributed by atoms with Crippen molar-refractivity contribution in [2.45, 2.75) is 57.1 Å². The quantitative estimate of drug-likeness (QED) is 0.656. The van der Waals surface area contributed by atoms with Crippen molar-refractivity contribution in [1.29, 1.82) is 0 Å². The van der Waals surface area contributed by atoms with Gasteiger partial charge in [0.25, 0.3) is 0 Å². The van der Waals surface area contributed by atoms with Gasteiger partial charge in [0.1, 0.15) is 0 Å². The molecule has 2 saturated heterocycles. The number of terminal acetylenes is 1. The Morgan fingerprint density at radius 3 is 2.85 bits per heavy atom. The summed E-state index contributed by atoms with van der Waals surface area (Å²) < 4.78 is 10.4. The number of hydrogen-bond donors (Lipinski definition) is 2. The number of likely N-dealkylation sites (tertiary alicyclic amines) is 1. The minimum atomic E-state index is -0.659. The number of hydrogen-bond acceptors (Lipinski definition) is 7. The smallest absolute Gasteiger partial charge is 0.412 e. The van der Waals surface area contributed by atoms with Gasteiger partial charge in [-0.15, -0.1) is 6.42 Å². The van der Waals surface area contributed by atoms with Gasteiger partial charge in [0, 0.05) is 31.7 Å². The fraction of sp³-hybridized carbons (Fsp3) is 0.625. The summed E-state index contributed by atoms with van der Waals surface area (Å²) in [5.41, 5.74) is 0.0312. The van der Waals surface area contributed by atoms with Crippen LogP contribution in [0.2, 0.25) is 0 Å². The third-order valence-electron chi connectivity index (χ3n) is 7.12. The monoisotopic (exact) mass is 456 g/mol. The van der Waals surface area contributed by atoms with Crippen LogP contribution in [0.15, 0.2) is 12.3 Å². The van der Waals surface area contributed by atoms with Crippen molar-refractivity contribution < 1.29 is 24.2 Å². The summed E-state index contributed by atoms with van der Waals surface area (Å²) >= 11 is 0. The molecule has 1 saturated carbocycles. The number of amides is 2. The molecule has 2 amide bonds. The molecule has 1 atom stereocenters. The molecule has 2 aliphatic heterocycles. The fourth-order valence-electron chi connectivity index (χ4n) is 5.41. The van der Waals surface area contributed by atoms with Gasteiger partial charge in [-0.3, -0.25) is 10.1 Å². The molecule has 9 heteroatoms. The Morgan fingerprint density at radius 1 is 1.33 bits per heavy atom. The second-order valence-corrected chi connectivity index (χ2v) is 9.17. The number of anilines is 2. The zero-order valence-corrected chi connectivity index (χ0v) is 19.1. The van der Waals surface area contributed by atoms with E-state index in [1.54, 1.807) is 19.4 Å². The first-order valence-corrected chi connectivity index (χ1v) is 11.6. The highest BCUT2D eigenvalue weighted by molar-refractivity contribution is 5.87. The van der Waals surface area contributed by atoms with E-state index in [0.717, 1.165) is 58.0 Å². The lowest BCUT2D eigenvalue weighted by Gasteiger charge is -2.41. The number of rotatable bonds is 5. The average Bonchev–Trinajstić information content (AvgIpc) is 3.13. The highest BCUT2D eigenvalue weighted by atomic mass is 16.5. The number of aliphatic hydroxyl groups is 1. The zero-order valence-electron chi connectivity index (χ0n) is 19.1. The molecule has 1 aromatic rings. The number of piperidine rings is 1. The SMILES string of the molecule is C#CCOC(=O)Nc1cnc(N2CCC[C@@]3(CCN([C@H]4CC[C@H](O)CC4)C3=O)C2)c(OC)c1. The molecule has 3 fully saturated rings. The molecule has 3 heterocycles. The van der Waals surface area contributed by atoms with Crippen molar-refractivity contribution in [2.24, 2.45) is 5.41 Å². The first-order valence-electron chi connectivity index (χ1n) is 11.6. The maximum atomic E-state index is 13.6. The van der Waals surface area contributed by atoms with Crippen molar-refractivity contribution in [1.82, 2.24) is 9.88 Å². The van der Waals surface area contributed by atoms with Gasteiger partial charge in [-0.2, -0.15) is 0 Å². The number of nitrogens with one attached hydrogen (secondary N) is 1. The van der Waals surface area contributed by atoms with Crippen molar-refractivity contribution in [3.05, 3.63) is 12.3 Å². The van der Waals surface area contributed by atoms with Crippen LogP contribution in [0.5, 0.6) is 5.75 Å². The van der Waals surface area contributed by atoms with Gasteiger partial charge in [-0.1, -0.05) is 5.92 Å². The first-order chi connectivity index (χ1) is 16.0. The van der Waals surface area contributed by atoms with Gasteiger partial charge in [0.05, 0.1) is 30.5 Å². The molecule has 0 unspecified atom stereocenters. The maximum Gasteiger partial charge on any atom is 0.412 e. The van der Waals surface area contributed by atoms with Crippen LogP contribution < -0.4 is 15.0 Å². The highest BCUT2D eigenvalue weighted by Crippen LogP contribution is 2.44. The zero-order chi connectivity index (χ0) is 23.4. The summed E-state index contributed by atoms with van der Waals surface area (Å²) in [5.74, 6) is 3.66. The predicted octanol–water partition coefficient (Wildman–Crippen LogP) is 2.39. The van der Waals surface area contributed by atoms with Crippen LogP contribution in [-0.4, -0.2) is 72.5 Å². The number of pyridine rings is 1. The van der Waals surface area contributed by atoms with Crippen LogP contribution in [0.3, 0.4) is 0 Å². The summed E-state index contributed by atoms with van der Waals surface area (Å²) in [4.78, 5) is 34.1. The van der Waals surface area contributed by atoms with Crippen LogP contribution in [-0.2, 0) is 9.53 Å². The lowest BCUT2D eigenvalue weighted by molar-refractivity contribution is -0.139. The summed E-state index contributed by atoms with van der Waals surface area (Å²) in [7, 11) is 1.56. The summed E-state index contributed by atoms with van der Waals surface area (Å²) in [6, 6.07) is 1.93. The second-order valence-electron chi connectivity index (χ2n) is 9.17. The van der Waals surface area contributed by atoms with E-state index >= 15 is 0 Å². The van der Waals surface area contributed by atoms with Gasteiger partial charge < -0.3 is 24.4 Å². The van der Waals surface area contributed by atoms with Crippen molar-refractivity contribution in [3.63, 3.8) is 0 Å². The molecule has 4 rings (SSSR count). The van der Waals surface area contributed by atoms with E-state index in [4.69, 9.17) is 15.9 Å². The fourth-order valence-corrected chi connectivity index (χ4v) is 5.41. The molecule has 33 heavy (non-hydrogen) atoms. The van der Waals surface area contributed by atoms with E-state index in [9.17, 15) is 14.7 Å². The van der Waals surface area contributed by atoms with Crippen molar-refractivity contribution >= 4 is 23.5 Å². The molecule has 2 N–H and O–H groups in total. The molecular weight excluding hydrogens is 424 g/mol. The van der Waals surface area contributed by atoms with E-state index in [1.165, 1.54) is 0 Å². The number of carbonyl (C=O) groups excluding carboxylic acids is 2. The molecule has 1 aromatic heterocycles. The number of nitrogens with zero attached hydrogens (tertiary/aromatic N) is 3. The largest absolute Gasteiger partial charge is 0.493 e. The van der Waals surface area contributed by atoms with E-state index in [0.29, 0.717) is 23.8 Å². The van der Waals surface area contributed by atoms with Gasteiger partial charge in [0.2, 0.25) is 5.91 Å². The normalized spacial score (nSPS) is 27.4. The van der Waals surface area contributed by atoms with Crippen molar-refractivity contribution in [2.75, 3.05) is 43.6 Å². The van der Waals surface area contributed by atoms with Crippen LogP contribution in [0, 0.1) is 17.8 Å². The molecule has 1 spiro atoms. The van der Waals surface area contributed by atoms with Gasteiger partial charge >= 0.3 is 6.09 Å². The average molecular weight is 457 g/mol. The van der Waals surface area contributed by atoms with Crippen LogP contribution >= 0.6 is 0 Å². The third kappa shape index (κ3) is 4.86. The molecule has 0 bridgehead atoms. The number of aromatic nitrogens is 1.